The standard InChI is InChI=1S/C9H13NO/c1-9(2)5-7(9)4-8(6-10)11-3/h4,7H,5H2,1-3H3. The molecule has 2 heteroatoms. The minimum Gasteiger partial charge on any atom is -0.487 e. The molecule has 0 bridgehead atoms. The third-order valence-corrected chi connectivity index (χ3v) is 2.27. The zero-order valence-corrected chi connectivity index (χ0v) is 7.22. The SMILES string of the molecule is COC(C#N)=CC1CC1(C)C. The number of methoxy groups -OCH3 is 1. The lowest BCUT2D eigenvalue weighted by Crippen LogP contribution is -1.89. The number of hydrogen-bond donors (Lipinski definition) is 0. The molecular formula is C9H13NO. The first kappa shape index (κ1) is 8.13. The number of allylic oxidation sites excluding steroid dienone is 2. The Morgan fingerprint density at radius 3 is 2.55 bits per heavy atom. The normalized spacial score (nSPS) is 27.5. The Morgan fingerprint density at radius 2 is 2.27 bits per heavy atom. The van der Waals surface area contributed by atoms with E-state index >= 15 is 0 Å². The molecule has 2 nitrogen and oxygen atoms in total. The van der Waals surface area contributed by atoms with Crippen LogP contribution < -0.4 is 0 Å². The molecule has 0 aromatic heterocycles. The van der Waals surface area contributed by atoms with Gasteiger partial charge in [-0.2, -0.15) is 5.26 Å². The van der Waals surface area contributed by atoms with E-state index in [1.165, 1.54) is 13.5 Å². The molecule has 1 rings (SSSR count). The van der Waals surface area contributed by atoms with Crippen molar-refractivity contribution in [3.8, 4) is 6.07 Å². The van der Waals surface area contributed by atoms with E-state index in [9.17, 15) is 0 Å². The predicted molar refractivity (Wildman–Crippen MR) is 42.6 cm³/mol. The lowest BCUT2D eigenvalue weighted by Gasteiger charge is -1.98. The van der Waals surface area contributed by atoms with Crippen LogP contribution in [0.3, 0.4) is 0 Å². The van der Waals surface area contributed by atoms with E-state index in [0.29, 0.717) is 17.1 Å². The first-order chi connectivity index (χ1) is 5.10. The quantitative estimate of drug-likeness (QED) is 0.447. The summed E-state index contributed by atoms with van der Waals surface area (Å²) in [4.78, 5) is 0. The van der Waals surface area contributed by atoms with Gasteiger partial charge in [0.2, 0.25) is 0 Å². The highest BCUT2D eigenvalue weighted by Crippen LogP contribution is 2.52. The summed E-state index contributed by atoms with van der Waals surface area (Å²) in [5.41, 5.74) is 0.390. The summed E-state index contributed by atoms with van der Waals surface area (Å²) in [5.74, 6) is 0.984. The van der Waals surface area contributed by atoms with E-state index < -0.39 is 0 Å². The van der Waals surface area contributed by atoms with Crippen LogP contribution in [0.1, 0.15) is 20.3 Å². The second kappa shape index (κ2) is 2.58. The van der Waals surface area contributed by atoms with Gasteiger partial charge in [-0.05, 0) is 23.8 Å². The maximum Gasteiger partial charge on any atom is 0.192 e. The molecule has 0 aliphatic heterocycles. The van der Waals surface area contributed by atoms with Gasteiger partial charge in [0, 0.05) is 0 Å². The number of ether oxygens (including phenoxy) is 1. The molecule has 1 fully saturated rings. The van der Waals surface area contributed by atoms with Crippen LogP contribution in [-0.2, 0) is 4.74 Å². The van der Waals surface area contributed by atoms with Gasteiger partial charge in [0.25, 0.3) is 0 Å². The summed E-state index contributed by atoms with van der Waals surface area (Å²) in [6.07, 6.45) is 3.08. The van der Waals surface area contributed by atoms with Gasteiger partial charge in [0.1, 0.15) is 6.07 Å². The van der Waals surface area contributed by atoms with Crippen molar-refractivity contribution in [2.24, 2.45) is 11.3 Å². The molecule has 0 spiro atoms. The minimum absolute atomic E-state index is 0.390. The summed E-state index contributed by atoms with van der Waals surface area (Å²) in [6.45, 7) is 4.39. The molecule has 0 heterocycles. The van der Waals surface area contributed by atoms with E-state index in [1.807, 2.05) is 12.1 Å². The van der Waals surface area contributed by atoms with Gasteiger partial charge >= 0.3 is 0 Å². The summed E-state index contributed by atoms with van der Waals surface area (Å²) < 4.78 is 4.84. The molecule has 0 radical (unpaired) electrons. The molecule has 0 amide bonds. The molecule has 11 heavy (non-hydrogen) atoms. The maximum absolute atomic E-state index is 8.53. The van der Waals surface area contributed by atoms with Crippen molar-refractivity contribution < 1.29 is 4.74 Å². The molecule has 1 unspecified atom stereocenters. The van der Waals surface area contributed by atoms with Gasteiger partial charge in [-0.15, -0.1) is 0 Å². The Bertz CT molecular complexity index is 222. The Kier molecular flexibility index (Phi) is 1.90. The molecule has 1 saturated carbocycles. The van der Waals surface area contributed by atoms with E-state index in [2.05, 4.69) is 13.8 Å². The molecule has 0 aromatic rings. The van der Waals surface area contributed by atoms with Gasteiger partial charge in [0.05, 0.1) is 7.11 Å². The predicted octanol–water partition coefficient (Wildman–Crippen LogP) is 2.09. The fourth-order valence-corrected chi connectivity index (χ4v) is 1.13. The van der Waals surface area contributed by atoms with Crippen molar-refractivity contribution in [1.29, 1.82) is 5.26 Å². The van der Waals surface area contributed by atoms with Gasteiger partial charge < -0.3 is 4.74 Å². The highest BCUT2D eigenvalue weighted by Gasteiger charge is 2.44. The van der Waals surface area contributed by atoms with Crippen LogP contribution in [-0.4, -0.2) is 7.11 Å². The Labute approximate surface area is 67.5 Å². The zero-order chi connectivity index (χ0) is 8.48. The lowest BCUT2D eigenvalue weighted by atomic mass is 10.1. The average molecular weight is 151 g/mol. The molecule has 0 saturated heterocycles. The lowest BCUT2D eigenvalue weighted by molar-refractivity contribution is 0.307. The van der Waals surface area contributed by atoms with Crippen molar-refractivity contribution in [1.82, 2.24) is 0 Å². The topological polar surface area (TPSA) is 33.0 Å². The van der Waals surface area contributed by atoms with Gasteiger partial charge in [-0.25, -0.2) is 0 Å². The summed E-state index contributed by atoms with van der Waals surface area (Å²) >= 11 is 0. The van der Waals surface area contributed by atoms with Crippen LogP contribution in [0.25, 0.3) is 0 Å². The largest absolute Gasteiger partial charge is 0.487 e. The zero-order valence-electron chi connectivity index (χ0n) is 7.22. The monoisotopic (exact) mass is 151 g/mol. The molecule has 0 aromatic carbocycles. The summed E-state index contributed by atoms with van der Waals surface area (Å²) in [5, 5.41) is 8.53. The second-order valence-electron chi connectivity index (χ2n) is 3.65. The van der Waals surface area contributed by atoms with Crippen molar-refractivity contribution >= 4 is 0 Å². The fraction of sp³-hybridized carbons (Fsp3) is 0.667. The fourth-order valence-electron chi connectivity index (χ4n) is 1.13. The number of rotatable bonds is 2. The van der Waals surface area contributed by atoms with Gasteiger partial charge in [-0.3, -0.25) is 0 Å². The van der Waals surface area contributed by atoms with Crippen LogP contribution in [0.4, 0.5) is 0 Å². The Morgan fingerprint density at radius 1 is 1.73 bits per heavy atom. The van der Waals surface area contributed by atoms with Crippen molar-refractivity contribution in [3.05, 3.63) is 11.8 Å². The van der Waals surface area contributed by atoms with Crippen molar-refractivity contribution in [2.75, 3.05) is 7.11 Å². The average Bonchev–Trinajstić information content (AvgIpc) is 2.54. The van der Waals surface area contributed by atoms with Crippen LogP contribution in [0.15, 0.2) is 11.8 Å². The van der Waals surface area contributed by atoms with Crippen molar-refractivity contribution in [2.45, 2.75) is 20.3 Å². The minimum atomic E-state index is 0.390. The smallest absolute Gasteiger partial charge is 0.192 e. The molecule has 1 aliphatic carbocycles. The Hall–Kier alpha value is -0.970. The maximum atomic E-state index is 8.53. The number of nitrogens with zero attached hydrogens (tertiary/aromatic N) is 1. The first-order valence-electron chi connectivity index (χ1n) is 3.76. The van der Waals surface area contributed by atoms with Crippen LogP contribution >= 0.6 is 0 Å². The van der Waals surface area contributed by atoms with Gasteiger partial charge in [-0.1, -0.05) is 13.8 Å². The molecule has 60 valence electrons. The number of hydrogen-bond acceptors (Lipinski definition) is 2. The van der Waals surface area contributed by atoms with Gasteiger partial charge in [0.15, 0.2) is 5.76 Å². The second-order valence-corrected chi connectivity index (χ2v) is 3.65. The highest BCUT2D eigenvalue weighted by molar-refractivity contribution is 5.19. The molecule has 1 aliphatic rings. The van der Waals surface area contributed by atoms with Crippen molar-refractivity contribution in [3.63, 3.8) is 0 Å². The molecule has 0 N–H and O–H groups in total. The summed E-state index contributed by atoms with van der Waals surface area (Å²) in [7, 11) is 1.53. The molecule has 1 atom stereocenters. The third kappa shape index (κ3) is 1.74. The van der Waals surface area contributed by atoms with E-state index in [-0.39, 0.29) is 0 Å². The first-order valence-corrected chi connectivity index (χ1v) is 3.76. The Balaban J connectivity index is 2.55. The van der Waals surface area contributed by atoms with Crippen LogP contribution in [0.5, 0.6) is 0 Å². The highest BCUT2D eigenvalue weighted by atomic mass is 16.5. The van der Waals surface area contributed by atoms with E-state index in [1.54, 1.807) is 0 Å². The van der Waals surface area contributed by atoms with Crippen LogP contribution in [0, 0.1) is 22.7 Å². The van der Waals surface area contributed by atoms with E-state index in [0.717, 1.165) is 0 Å². The van der Waals surface area contributed by atoms with Crippen LogP contribution in [0.2, 0.25) is 0 Å². The summed E-state index contributed by atoms with van der Waals surface area (Å²) in [6, 6.07) is 2.00. The molecular weight excluding hydrogens is 138 g/mol. The number of nitriles is 1. The third-order valence-electron chi connectivity index (χ3n) is 2.27. The van der Waals surface area contributed by atoms with E-state index in [4.69, 9.17) is 10.00 Å².